The molecule has 0 aliphatic heterocycles. The molecular formula is C42H38IrN2OSi2-2. The van der Waals surface area contributed by atoms with Crippen LogP contribution in [0.2, 0.25) is 39.3 Å². The van der Waals surface area contributed by atoms with E-state index in [4.69, 9.17) is 4.42 Å². The van der Waals surface area contributed by atoms with E-state index in [1.54, 1.807) is 0 Å². The second-order valence-electron chi connectivity index (χ2n) is 14.2. The fourth-order valence-electron chi connectivity index (χ4n) is 6.06. The van der Waals surface area contributed by atoms with Gasteiger partial charge in [0.2, 0.25) is 0 Å². The van der Waals surface area contributed by atoms with E-state index in [1.807, 2.05) is 36.7 Å². The minimum absolute atomic E-state index is 0. The molecule has 0 saturated heterocycles. The molecule has 48 heavy (non-hydrogen) atoms. The Bertz CT molecular complexity index is 2390. The van der Waals surface area contributed by atoms with Crippen LogP contribution in [0, 0.1) is 12.1 Å². The zero-order valence-corrected chi connectivity index (χ0v) is 32.6. The number of pyridine rings is 2. The van der Waals surface area contributed by atoms with Crippen molar-refractivity contribution in [2.45, 2.75) is 39.3 Å². The molecule has 6 heteroatoms. The number of rotatable bonds is 4. The fourth-order valence-corrected chi connectivity index (χ4v) is 8.35. The average molecular weight is 835 g/mol. The van der Waals surface area contributed by atoms with Gasteiger partial charge in [0.1, 0.15) is 5.58 Å². The van der Waals surface area contributed by atoms with Crippen LogP contribution in [0.15, 0.2) is 126 Å². The number of aromatic nitrogens is 2. The minimum atomic E-state index is -1.44. The molecule has 0 saturated carbocycles. The summed E-state index contributed by atoms with van der Waals surface area (Å²) in [5, 5.41) is 10.0. The number of hydrogen-bond acceptors (Lipinski definition) is 3. The molecule has 8 rings (SSSR count). The van der Waals surface area contributed by atoms with E-state index in [1.165, 1.54) is 31.9 Å². The molecule has 0 N–H and O–H groups in total. The normalized spacial score (nSPS) is 11.8. The topological polar surface area (TPSA) is 38.9 Å². The standard InChI is InChI=1S/C28H22NOSi.C14H16NSi.Ir/c1-31(2,3)20-13-14-29-26(16-20)23-10-6-9-22-25-15-19-12-11-18-7-4-5-8-21(18)24(19)17-27(25)30-28(22)23;1-16(2,3)13-9-10-15-14(11-13)12-7-5-4-6-8-12;/h4-9,11-17H,1-3H3;4-7,9-11H,1-3H3;/q2*-1;. The van der Waals surface area contributed by atoms with Gasteiger partial charge in [0, 0.05) is 37.9 Å². The predicted molar refractivity (Wildman–Crippen MR) is 205 cm³/mol. The molecule has 0 aliphatic carbocycles. The average Bonchev–Trinajstić information content (AvgIpc) is 3.45. The molecule has 0 atom stereocenters. The van der Waals surface area contributed by atoms with Gasteiger partial charge in [0.15, 0.2) is 0 Å². The van der Waals surface area contributed by atoms with E-state index in [9.17, 15) is 0 Å². The van der Waals surface area contributed by atoms with Crippen molar-refractivity contribution in [3.63, 3.8) is 0 Å². The number of hydrogen-bond donors (Lipinski definition) is 0. The molecule has 0 aliphatic rings. The monoisotopic (exact) mass is 835 g/mol. The summed E-state index contributed by atoms with van der Waals surface area (Å²) >= 11 is 0. The van der Waals surface area contributed by atoms with Crippen molar-refractivity contribution in [1.82, 2.24) is 9.97 Å². The molecule has 3 nitrogen and oxygen atoms in total. The van der Waals surface area contributed by atoms with Gasteiger partial charge in [-0.1, -0.05) is 109 Å². The number of fused-ring (bicyclic) bond motifs is 6. The summed E-state index contributed by atoms with van der Waals surface area (Å²) in [4.78, 5) is 9.08. The van der Waals surface area contributed by atoms with Gasteiger partial charge in [0.05, 0.1) is 21.7 Å². The van der Waals surface area contributed by atoms with Crippen molar-refractivity contribution in [2.75, 3.05) is 0 Å². The van der Waals surface area contributed by atoms with Gasteiger partial charge in [-0.2, -0.15) is 0 Å². The molecule has 241 valence electrons. The second kappa shape index (κ2) is 13.4. The fraction of sp³-hybridized carbons (Fsp3) is 0.143. The summed E-state index contributed by atoms with van der Waals surface area (Å²) in [7, 11) is -2.69. The Hall–Kier alpha value is -4.20. The Morgan fingerprint density at radius 1 is 0.542 bits per heavy atom. The molecule has 0 unspecified atom stereocenters. The van der Waals surface area contributed by atoms with E-state index in [-0.39, 0.29) is 20.1 Å². The van der Waals surface area contributed by atoms with Gasteiger partial charge < -0.3 is 14.4 Å². The zero-order chi connectivity index (χ0) is 32.8. The first-order valence-corrected chi connectivity index (χ1v) is 23.2. The van der Waals surface area contributed by atoms with Crippen molar-refractivity contribution >= 4 is 70.0 Å². The van der Waals surface area contributed by atoms with Crippen LogP contribution in [0.5, 0.6) is 0 Å². The number of benzene rings is 5. The van der Waals surface area contributed by atoms with Crippen LogP contribution in [0.4, 0.5) is 0 Å². The molecule has 0 spiro atoms. The van der Waals surface area contributed by atoms with Crippen LogP contribution in [0.3, 0.4) is 0 Å². The summed E-state index contributed by atoms with van der Waals surface area (Å²) in [6.45, 7) is 14.1. The maximum absolute atomic E-state index is 6.46. The number of nitrogens with zero attached hydrogens (tertiary/aromatic N) is 2. The summed E-state index contributed by atoms with van der Waals surface area (Å²) in [5.41, 5.74) is 5.73. The van der Waals surface area contributed by atoms with Gasteiger partial charge in [-0.05, 0) is 57.2 Å². The van der Waals surface area contributed by atoms with Crippen molar-refractivity contribution in [3.8, 4) is 22.5 Å². The quantitative estimate of drug-likeness (QED) is 0.101. The van der Waals surface area contributed by atoms with Crippen LogP contribution in [-0.4, -0.2) is 26.1 Å². The Balaban J connectivity index is 0.000000201. The third kappa shape index (κ3) is 6.72. The third-order valence-electron chi connectivity index (χ3n) is 8.79. The summed E-state index contributed by atoms with van der Waals surface area (Å²) in [6.07, 6.45) is 3.82. The van der Waals surface area contributed by atoms with Gasteiger partial charge in [-0.15, -0.1) is 54.1 Å². The van der Waals surface area contributed by atoms with Gasteiger partial charge >= 0.3 is 0 Å². The number of furan rings is 1. The Morgan fingerprint density at radius 3 is 1.92 bits per heavy atom. The first-order chi connectivity index (χ1) is 22.6. The molecule has 1 radical (unpaired) electrons. The minimum Gasteiger partial charge on any atom is -0.501 e. The van der Waals surface area contributed by atoms with Crippen LogP contribution < -0.4 is 10.4 Å². The van der Waals surface area contributed by atoms with Gasteiger partial charge in [-0.3, -0.25) is 0 Å². The predicted octanol–water partition coefficient (Wildman–Crippen LogP) is 10.4. The summed E-state index contributed by atoms with van der Waals surface area (Å²) in [5.74, 6) is 0. The van der Waals surface area contributed by atoms with Gasteiger partial charge in [0.25, 0.3) is 0 Å². The summed E-state index contributed by atoms with van der Waals surface area (Å²) < 4.78 is 6.46. The maximum atomic E-state index is 6.46. The molecule has 8 aromatic rings. The molecule has 0 bridgehead atoms. The first kappa shape index (κ1) is 33.7. The van der Waals surface area contributed by atoms with Crippen LogP contribution in [0.25, 0.3) is 66.0 Å². The van der Waals surface area contributed by atoms with E-state index in [0.717, 1.165) is 44.5 Å². The van der Waals surface area contributed by atoms with Crippen LogP contribution >= 0.6 is 0 Å². The Kier molecular flexibility index (Phi) is 9.38. The largest absolute Gasteiger partial charge is 0.501 e. The zero-order valence-electron chi connectivity index (χ0n) is 28.2. The van der Waals surface area contributed by atoms with Crippen molar-refractivity contribution in [1.29, 1.82) is 0 Å². The van der Waals surface area contributed by atoms with E-state index in [2.05, 4.69) is 146 Å². The van der Waals surface area contributed by atoms with E-state index in [0.29, 0.717) is 0 Å². The van der Waals surface area contributed by atoms with Gasteiger partial charge in [-0.25, -0.2) is 0 Å². The smallest absolute Gasteiger partial charge is 0.121 e. The Labute approximate surface area is 298 Å². The van der Waals surface area contributed by atoms with Crippen LogP contribution in [0.1, 0.15) is 0 Å². The maximum Gasteiger partial charge on any atom is 0.121 e. The van der Waals surface area contributed by atoms with Crippen molar-refractivity contribution < 1.29 is 24.5 Å². The van der Waals surface area contributed by atoms with Crippen molar-refractivity contribution in [3.05, 3.63) is 134 Å². The summed E-state index contributed by atoms with van der Waals surface area (Å²) in [6, 6.07) is 44.7. The molecule has 0 amide bonds. The van der Waals surface area contributed by atoms with Crippen LogP contribution in [-0.2, 0) is 20.1 Å². The molecule has 3 heterocycles. The molecule has 0 fully saturated rings. The Morgan fingerprint density at radius 2 is 1.21 bits per heavy atom. The first-order valence-electron chi connectivity index (χ1n) is 16.2. The molecule has 5 aromatic carbocycles. The third-order valence-corrected chi connectivity index (χ3v) is 12.9. The van der Waals surface area contributed by atoms with E-state index >= 15 is 0 Å². The second-order valence-corrected chi connectivity index (χ2v) is 24.3. The molecular weight excluding hydrogens is 797 g/mol. The molecule has 3 aromatic heterocycles. The van der Waals surface area contributed by atoms with E-state index < -0.39 is 16.1 Å². The SMILES string of the molecule is C[Si](C)(C)c1ccnc(-c2[c-]ccc3c2oc2cc4c(ccc5ccccc54)cc23)c1.C[Si](C)(C)c1ccnc(-c2[c-]cccc2)c1.[Ir]. The van der Waals surface area contributed by atoms with Crippen molar-refractivity contribution in [2.24, 2.45) is 0 Å².